The van der Waals surface area contributed by atoms with Crippen molar-refractivity contribution in [1.82, 2.24) is 9.78 Å². The van der Waals surface area contributed by atoms with E-state index in [4.69, 9.17) is 14.0 Å². The summed E-state index contributed by atoms with van der Waals surface area (Å²) >= 11 is 0. The van der Waals surface area contributed by atoms with E-state index < -0.39 is 21.6 Å². The van der Waals surface area contributed by atoms with E-state index in [-0.39, 0.29) is 24.6 Å². The zero-order valence-electron chi connectivity index (χ0n) is 16.4. The third-order valence-corrected chi connectivity index (χ3v) is 5.00. The van der Waals surface area contributed by atoms with E-state index in [9.17, 15) is 8.78 Å². The van der Waals surface area contributed by atoms with Gasteiger partial charge in [-0.25, -0.2) is 8.78 Å². The molecule has 145 valence electrons. The molecule has 9 heteroatoms. The van der Waals surface area contributed by atoms with E-state index in [1.165, 1.54) is 10.7 Å². The van der Waals surface area contributed by atoms with Crippen molar-refractivity contribution in [3.63, 3.8) is 0 Å². The Labute approximate surface area is 151 Å². The van der Waals surface area contributed by atoms with E-state index in [2.05, 4.69) is 24.7 Å². The molecule has 0 unspecified atom stereocenters. The second-order valence-corrected chi connectivity index (χ2v) is 13.5. The van der Waals surface area contributed by atoms with Gasteiger partial charge in [-0.15, -0.1) is 0 Å². The molecule has 1 rings (SSSR count). The predicted octanol–water partition coefficient (Wildman–Crippen LogP) is 3.68. The molecule has 1 aromatic heterocycles. The van der Waals surface area contributed by atoms with E-state index in [1.54, 1.807) is 0 Å². The fraction of sp³-hybridized carbons (Fsp3) is 0.812. The van der Waals surface area contributed by atoms with Crippen molar-refractivity contribution in [2.45, 2.75) is 78.7 Å². The van der Waals surface area contributed by atoms with Gasteiger partial charge in [0, 0.05) is 26.9 Å². The van der Waals surface area contributed by atoms with Crippen LogP contribution >= 0.6 is 0 Å². The largest absolute Gasteiger partial charge is 0.583 e. The van der Waals surface area contributed by atoms with Crippen molar-refractivity contribution in [2.75, 3.05) is 6.61 Å². The molecular weight excluding hydrogens is 345 g/mol. The standard InChI is InChI=1S/C16H31BF2N2O3Si/c1-12(2)23-17(24-13(3)4)15-10-14(16(18)19)20-21(15)11-22-8-9-25(5,6)7/h10,12-13,16H,8-9,11H2,1-7H3/q-1. The SMILES string of the molecule is CC(C)O[B-](OC(C)C)c1cc(C(F)F)nn1COCC[Si](C)(C)C. The average molecular weight is 376 g/mol. The molecule has 1 heterocycles. The topological polar surface area (TPSA) is 45.5 Å². The summed E-state index contributed by atoms with van der Waals surface area (Å²) in [6.07, 6.45) is -2.88. The van der Waals surface area contributed by atoms with E-state index in [1.807, 2.05) is 27.7 Å². The number of hydrogen-bond acceptors (Lipinski definition) is 4. The first kappa shape index (κ1) is 22.3. The van der Waals surface area contributed by atoms with Crippen LogP contribution in [0.4, 0.5) is 8.78 Å². The number of aromatic nitrogens is 2. The van der Waals surface area contributed by atoms with Gasteiger partial charge in [-0.05, 0) is 39.8 Å². The quantitative estimate of drug-likeness (QED) is 0.437. The summed E-state index contributed by atoms with van der Waals surface area (Å²) in [5, 5.41) is 3.97. The van der Waals surface area contributed by atoms with E-state index in [0.717, 1.165) is 6.04 Å². The van der Waals surface area contributed by atoms with Gasteiger partial charge < -0.3 is 14.0 Å². The number of rotatable bonds is 11. The van der Waals surface area contributed by atoms with Crippen LogP contribution in [0.2, 0.25) is 25.7 Å². The monoisotopic (exact) mass is 376 g/mol. The summed E-state index contributed by atoms with van der Waals surface area (Å²) < 4.78 is 44.8. The molecule has 25 heavy (non-hydrogen) atoms. The normalized spacial score (nSPS) is 13.0. The van der Waals surface area contributed by atoms with Gasteiger partial charge in [-0.2, -0.15) is 5.10 Å². The molecule has 0 saturated heterocycles. The van der Waals surface area contributed by atoms with Gasteiger partial charge in [-0.1, -0.05) is 25.2 Å². The lowest BCUT2D eigenvalue weighted by atomic mass is 9.83. The second-order valence-electron chi connectivity index (χ2n) is 7.84. The zero-order chi connectivity index (χ0) is 19.2. The molecule has 0 aliphatic carbocycles. The number of hydrogen-bond donors (Lipinski definition) is 0. The molecule has 1 aromatic rings. The highest BCUT2D eigenvalue weighted by Crippen LogP contribution is 2.16. The molecule has 0 N–H and O–H groups in total. The van der Waals surface area contributed by atoms with Crippen LogP contribution in [0.15, 0.2) is 6.07 Å². The molecule has 1 radical (unpaired) electrons. The minimum atomic E-state index is -2.65. The smallest absolute Gasteiger partial charge is 0.282 e. The lowest BCUT2D eigenvalue weighted by Crippen LogP contribution is -2.45. The molecule has 0 bridgehead atoms. The minimum Gasteiger partial charge on any atom is -0.583 e. The Morgan fingerprint density at radius 2 is 1.68 bits per heavy atom. The van der Waals surface area contributed by atoms with Gasteiger partial charge in [0.05, 0.1) is 0 Å². The Hall–Kier alpha value is -0.768. The fourth-order valence-electron chi connectivity index (χ4n) is 2.05. The number of nitrogens with zero attached hydrogens (tertiary/aromatic N) is 2. The summed E-state index contributed by atoms with van der Waals surface area (Å²) in [6, 6.07) is 2.34. The third-order valence-electron chi connectivity index (χ3n) is 3.30. The summed E-state index contributed by atoms with van der Waals surface area (Å²) in [4.78, 5) is 0. The Morgan fingerprint density at radius 1 is 1.12 bits per heavy atom. The predicted molar refractivity (Wildman–Crippen MR) is 99.1 cm³/mol. The molecule has 0 spiro atoms. The van der Waals surface area contributed by atoms with Gasteiger partial charge in [-0.3, -0.25) is 4.68 Å². The maximum atomic E-state index is 13.1. The molecule has 0 amide bonds. The molecule has 0 aromatic carbocycles. The average Bonchev–Trinajstić information content (AvgIpc) is 2.85. The van der Waals surface area contributed by atoms with Crippen LogP contribution < -0.4 is 5.59 Å². The summed E-state index contributed by atoms with van der Waals surface area (Å²) in [5.74, 6) is 0. The van der Waals surface area contributed by atoms with Crippen LogP contribution in [0.3, 0.4) is 0 Å². The minimum absolute atomic E-state index is 0.103. The summed E-state index contributed by atoms with van der Waals surface area (Å²) in [6.45, 7) is 14.9. The molecule has 0 saturated carbocycles. The first-order valence-corrected chi connectivity index (χ1v) is 12.4. The Morgan fingerprint density at radius 3 is 2.12 bits per heavy atom. The zero-order valence-corrected chi connectivity index (χ0v) is 17.4. The van der Waals surface area contributed by atoms with Crippen LogP contribution in [-0.2, 0) is 20.8 Å². The van der Waals surface area contributed by atoms with Crippen LogP contribution in [0.1, 0.15) is 39.8 Å². The van der Waals surface area contributed by atoms with Gasteiger partial charge in [0.15, 0.2) is 7.12 Å². The van der Waals surface area contributed by atoms with Gasteiger partial charge in [0.2, 0.25) is 0 Å². The first-order chi connectivity index (χ1) is 11.5. The molecule has 0 atom stereocenters. The molecule has 0 aliphatic rings. The Balaban J connectivity index is 2.93. The van der Waals surface area contributed by atoms with Crippen LogP contribution in [-0.4, -0.2) is 43.8 Å². The van der Waals surface area contributed by atoms with Gasteiger partial charge in [0.1, 0.15) is 12.4 Å². The van der Waals surface area contributed by atoms with E-state index in [0.29, 0.717) is 12.2 Å². The fourth-order valence-corrected chi connectivity index (χ4v) is 2.80. The van der Waals surface area contributed by atoms with E-state index >= 15 is 0 Å². The highest BCUT2D eigenvalue weighted by molar-refractivity contribution is 6.76. The van der Waals surface area contributed by atoms with Crippen LogP contribution in [0, 0.1) is 0 Å². The van der Waals surface area contributed by atoms with Crippen molar-refractivity contribution in [3.8, 4) is 0 Å². The lowest BCUT2D eigenvalue weighted by molar-refractivity contribution is 0.0758. The number of halogens is 2. The number of ether oxygens (including phenoxy) is 1. The summed E-state index contributed by atoms with van der Waals surface area (Å²) in [7, 11) is -1.97. The van der Waals surface area contributed by atoms with Crippen molar-refractivity contribution in [2.24, 2.45) is 0 Å². The Kier molecular flexibility index (Phi) is 8.73. The molecule has 0 aliphatic heterocycles. The molecule has 0 fully saturated rings. The van der Waals surface area contributed by atoms with Crippen molar-refractivity contribution < 1.29 is 22.8 Å². The van der Waals surface area contributed by atoms with Crippen LogP contribution in [0.25, 0.3) is 0 Å². The van der Waals surface area contributed by atoms with Gasteiger partial charge >= 0.3 is 0 Å². The van der Waals surface area contributed by atoms with Crippen molar-refractivity contribution in [3.05, 3.63) is 11.8 Å². The Bertz CT molecular complexity index is 512. The van der Waals surface area contributed by atoms with Crippen molar-refractivity contribution >= 4 is 20.8 Å². The van der Waals surface area contributed by atoms with Crippen LogP contribution in [0.5, 0.6) is 0 Å². The summed E-state index contributed by atoms with van der Waals surface area (Å²) in [5.41, 5.74) is 0.152. The maximum Gasteiger partial charge on any atom is 0.282 e. The highest BCUT2D eigenvalue weighted by atomic mass is 28.3. The molecule has 5 nitrogen and oxygen atoms in total. The molecular formula is C16H31BF2N2O3Si-. The lowest BCUT2D eigenvalue weighted by Gasteiger charge is -2.35. The third kappa shape index (κ3) is 8.44. The first-order valence-electron chi connectivity index (χ1n) is 8.74. The maximum absolute atomic E-state index is 13.1. The highest BCUT2D eigenvalue weighted by Gasteiger charge is 2.19. The number of alkyl halides is 2. The van der Waals surface area contributed by atoms with Gasteiger partial charge in [0.25, 0.3) is 6.43 Å². The second kappa shape index (κ2) is 9.80. The van der Waals surface area contributed by atoms with Crippen molar-refractivity contribution in [1.29, 1.82) is 0 Å².